The Bertz CT molecular complexity index is 359. The molecule has 122 valence electrons. The van der Waals surface area contributed by atoms with E-state index in [1.54, 1.807) is 4.90 Å². The van der Waals surface area contributed by atoms with E-state index in [0.29, 0.717) is 38.8 Å². The Kier molecular flexibility index (Phi) is 7.25. The van der Waals surface area contributed by atoms with Gasteiger partial charge in [0.25, 0.3) is 0 Å². The first-order chi connectivity index (χ1) is 9.61. The number of halogens is 1. The van der Waals surface area contributed by atoms with Gasteiger partial charge in [-0.3, -0.25) is 4.79 Å². The van der Waals surface area contributed by atoms with E-state index < -0.39 is 0 Å². The highest BCUT2D eigenvalue weighted by molar-refractivity contribution is 5.85. The summed E-state index contributed by atoms with van der Waals surface area (Å²) >= 11 is 0. The Balaban J connectivity index is 0.00000220. The van der Waals surface area contributed by atoms with Gasteiger partial charge in [-0.15, -0.1) is 12.4 Å². The predicted molar refractivity (Wildman–Crippen MR) is 84.7 cm³/mol. The van der Waals surface area contributed by atoms with Gasteiger partial charge in [-0.1, -0.05) is 0 Å². The van der Waals surface area contributed by atoms with Crippen LogP contribution in [-0.2, 0) is 4.79 Å². The molecule has 6 nitrogen and oxygen atoms in total. The minimum Gasteiger partial charge on any atom is -0.339 e. The zero-order valence-corrected chi connectivity index (χ0v) is 13.7. The molecule has 0 aliphatic carbocycles. The van der Waals surface area contributed by atoms with Gasteiger partial charge in [0.1, 0.15) is 0 Å². The molecule has 2 N–H and O–H groups in total. The number of nitrogens with one attached hydrogen (secondary N) is 2. The number of carbonyl (C=O) groups excluding carboxylic acids is 2. The van der Waals surface area contributed by atoms with Crippen molar-refractivity contribution in [3.8, 4) is 0 Å². The Morgan fingerprint density at radius 3 is 2.38 bits per heavy atom. The smallest absolute Gasteiger partial charge is 0.317 e. The third kappa shape index (κ3) is 4.74. The van der Waals surface area contributed by atoms with Crippen LogP contribution in [0.2, 0.25) is 0 Å². The molecule has 0 radical (unpaired) electrons. The molecule has 0 spiro atoms. The van der Waals surface area contributed by atoms with Gasteiger partial charge in [0.2, 0.25) is 5.91 Å². The molecule has 2 aliphatic heterocycles. The van der Waals surface area contributed by atoms with Crippen molar-refractivity contribution in [2.24, 2.45) is 5.92 Å². The molecular formula is C14H27ClN4O2. The van der Waals surface area contributed by atoms with Gasteiger partial charge >= 0.3 is 6.03 Å². The molecule has 2 fully saturated rings. The topological polar surface area (TPSA) is 64.7 Å². The summed E-state index contributed by atoms with van der Waals surface area (Å²) < 4.78 is 0. The minimum absolute atomic E-state index is 0. The molecule has 2 aliphatic rings. The quantitative estimate of drug-likeness (QED) is 0.786. The zero-order chi connectivity index (χ0) is 14.5. The van der Waals surface area contributed by atoms with Gasteiger partial charge < -0.3 is 20.4 Å². The summed E-state index contributed by atoms with van der Waals surface area (Å²) in [5.41, 5.74) is 0. The first-order valence-corrected chi connectivity index (χ1v) is 7.66. The highest BCUT2D eigenvalue weighted by Gasteiger charge is 2.31. The molecule has 7 heteroatoms. The van der Waals surface area contributed by atoms with Gasteiger partial charge in [-0.05, 0) is 33.2 Å². The summed E-state index contributed by atoms with van der Waals surface area (Å²) in [5.74, 6) is 0.427. The lowest BCUT2D eigenvalue weighted by Gasteiger charge is -2.38. The lowest BCUT2D eigenvalue weighted by atomic mass is 9.92. The molecule has 0 aromatic heterocycles. The van der Waals surface area contributed by atoms with E-state index in [9.17, 15) is 9.59 Å². The third-order valence-corrected chi connectivity index (χ3v) is 4.18. The standard InChI is InChI=1S/C14H26N4O2.ClH/c1-3-15-14(20)18-8-6-17(7-9-18)13(19)12-4-5-16-11(2)10-12;/h11-12,16H,3-10H2,1-2H3,(H,15,20);1H/t11-,12-;/m0./s1. The molecule has 0 bridgehead atoms. The molecule has 2 rings (SSSR count). The number of piperazine rings is 1. The molecule has 2 heterocycles. The number of rotatable bonds is 2. The maximum Gasteiger partial charge on any atom is 0.317 e. The molecular weight excluding hydrogens is 292 g/mol. The predicted octanol–water partition coefficient (Wildman–Crippen LogP) is 0.670. The van der Waals surface area contributed by atoms with Crippen LogP contribution in [0, 0.1) is 5.92 Å². The summed E-state index contributed by atoms with van der Waals surface area (Å²) in [6.07, 6.45) is 1.86. The second-order valence-electron chi connectivity index (χ2n) is 5.72. The van der Waals surface area contributed by atoms with E-state index >= 15 is 0 Å². The fourth-order valence-electron chi connectivity index (χ4n) is 3.01. The first kappa shape index (κ1) is 18.0. The second kappa shape index (κ2) is 8.44. The molecule has 0 aromatic carbocycles. The molecule has 2 atom stereocenters. The van der Waals surface area contributed by atoms with Crippen LogP contribution in [0.15, 0.2) is 0 Å². The summed E-state index contributed by atoms with van der Waals surface area (Å²) in [4.78, 5) is 27.9. The van der Waals surface area contributed by atoms with Crippen molar-refractivity contribution >= 4 is 24.3 Å². The maximum atomic E-state index is 12.5. The SMILES string of the molecule is CCNC(=O)N1CCN(C(=O)[C@H]2CCN[C@@H](C)C2)CC1.Cl. The van der Waals surface area contributed by atoms with Crippen molar-refractivity contribution in [3.63, 3.8) is 0 Å². The molecule has 3 amide bonds. The van der Waals surface area contributed by atoms with Gasteiger partial charge in [0.05, 0.1) is 0 Å². The van der Waals surface area contributed by atoms with Gasteiger partial charge in [-0.25, -0.2) is 4.79 Å². The van der Waals surface area contributed by atoms with Crippen molar-refractivity contribution in [1.82, 2.24) is 20.4 Å². The van der Waals surface area contributed by atoms with Crippen molar-refractivity contribution in [1.29, 1.82) is 0 Å². The molecule has 0 unspecified atom stereocenters. The van der Waals surface area contributed by atoms with Gasteiger partial charge in [0.15, 0.2) is 0 Å². The number of nitrogens with zero attached hydrogens (tertiary/aromatic N) is 2. The number of hydrogen-bond acceptors (Lipinski definition) is 3. The Morgan fingerprint density at radius 2 is 1.81 bits per heavy atom. The van der Waals surface area contributed by atoms with Gasteiger partial charge in [-0.2, -0.15) is 0 Å². The summed E-state index contributed by atoms with van der Waals surface area (Å²) in [6, 6.07) is 0.407. The average Bonchev–Trinajstić information content (AvgIpc) is 2.47. The van der Waals surface area contributed by atoms with Crippen LogP contribution in [0.3, 0.4) is 0 Å². The lowest BCUT2D eigenvalue weighted by molar-refractivity contribution is -0.138. The van der Waals surface area contributed by atoms with Crippen LogP contribution in [0.5, 0.6) is 0 Å². The van der Waals surface area contributed by atoms with Gasteiger partial charge in [0, 0.05) is 44.7 Å². The molecule has 0 aromatic rings. The fourth-order valence-corrected chi connectivity index (χ4v) is 3.01. The highest BCUT2D eigenvalue weighted by Crippen LogP contribution is 2.19. The van der Waals surface area contributed by atoms with Crippen LogP contribution >= 0.6 is 12.4 Å². The number of hydrogen-bond donors (Lipinski definition) is 2. The maximum absolute atomic E-state index is 12.5. The fraction of sp³-hybridized carbons (Fsp3) is 0.857. The van der Waals surface area contributed by atoms with E-state index in [4.69, 9.17) is 0 Å². The normalized spacial score (nSPS) is 26.0. The van der Waals surface area contributed by atoms with E-state index in [-0.39, 0.29) is 30.3 Å². The van der Waals surface area contributed by atoms with E-state index in [1.165, 1.54) is 0 Å². The lowest BCUT2D eigenvalue weighted by Crippen LogP contribution is -2.55. The van der Waals surface area contributed by atoms with E-state index in [0.717, 1.165) is 19.4 Å². The zero-order valence-electron chi connectivity index (χ0n) is 12.9. The minimum atomic E-state index is -0.0184. The molecule has 2 saturated heterocycles. The Hall–Kier alpha value is -1.01. The first-order valence-electron chi connectivity index (χ1n) is 7.66. The largest absolute Gasteiger partial charge is 0.339 e. The Morgan fingerprint density at radius 1 is 1.19 bits per heavy atom. The molecule has 21 heavy (non-hydrogen) atoms. The van der Waals surface area contributed by atoms with Crippen LogP contribution in [0.1, 0.15) is 26.7 Å². The number of urea groups is 1. The van der Waals surface area contributed by atoms with Crippen LogP contribution in [0.25, 0.3) is 0 Å². The van der Waals surface area contributed by atoms with Crippen molar-refractivity contribution < 1.29 is 9.59 Å². The monoisotopic (exact) mass is 318 g/mol. The second-order valence-corrected chi connectivity index (χ2v) is 5.72. The van der Waals surface area contributed by atoms with E-state index in [2.05, 4.69) is 17.6 Å². The Labute approximate surface area is 133 Å². The summed E-state index contributed by atoms with van der Waals surface area (Å²) in [6.45, 7) is 8.21. The molecule has 0 saturated carbocycles. The third-order valence-electron chi connectivity index (χ3n) is 4.18. The average molecular weight is 319 g/mol. The van der Waals surface area contributed by atoms with Crippen LogP contribution in [-0.4, -0.2) is 67.0 Å². The number of carbonyl (C=O) groups is 2. The van der Waals surface area contributed by atoms with Crippen LogP contribution in [0.4, 0.5) is 4.79 Å². The van der Waals surface area contributed by atoms with Crippen molar-refractivity contribution in [3.05, 3.63) is 0 Å². The van der Waals surface area contributed by atoms with Crippen LogP contribution < -0.4 is 10.6 Å². The summed E-state index contributed by atoms with van der Waals surface area (Å²) in [7, 11) is 0. The highest BCUT2D eigenvalue weighted by atomic mass is 35.5. The number of piperidine rings is 1. The van der Waals surface area contributed by atoms with E-state index in [1.807, 2.05) is 11.8 Å². The van der Waals surface area contributed by atoms with Crippen molar-refractivity contribution in [2.45, 2.75) is 32.7 Å². The summed E-state index contributed by atoms with van der Waals surface area (Å²) in [5, 5.41) is 6.18. The number of amides is 3. The van der Waals surface area contributed by atoms with Crippen molar-refractivity contribution in [2.75, 3.05) is 39.3 Å².